The third-order valence-electron chi connectivity index (χ3n) is 2.67. The molecule has 5 heteroatoms. The van der Waals surface area contributed by atoms with E-state index in [1.165, 1.54) is 12.1 Å². The summed E-state index contributed by atoms with van der Waals surface area (Å²) in [6.07, 6.45) is 3.57. The minimum atomic E-state index is -0.961. The predicted octanol–water partition coefficient (Wildman–Crippen LogP) is 4.57. The second-order valence-electron chi connectivity index (χ2n) is 4.09. The first-order chi connectivity index (χ1) is 9.47. The van der Waals surface area contributed by atoms with Gasteiger partial charge in [0, 0.05) is 0 Å². The van der Waals surface area contributed by atoms with E-state index in [2.05, 4.69) is 0 Å². The lowest BCUT2D eigenvalue weighted by Crippen LogP contribution is -1.94. The third kappa shape index (κ3) is 3.32. The zero-order valence-electron chi connectivity index (χ0n) is 10.2. The van der Waals surface area contributed by atoms with E-state index in [0.717, 1.165) is 11.1 Å². The molecule has 2 aromatic rings. The van der Waals surface area contributed by atoms with Crippen LogP contribution < -0.4 is 0 Å². The van der Waals surface area contributed by atoms with E-state index in [-0.39, 0.29) is 21.4 Å². The number of carbonyl (C=O) groups is 1. The zero-order valence-corrected chi connectivity index (χ0v) is 11.7. The zero-order chi connectivity index (χ0) is 14.7. The normalized spacial score (nSPS) is 10.9. The van der Waals surface area contributed by atoms with Crippen molar-refractivity contribution >= 4 is 41.3 Å². The van der Waals surface area contributed by atoms with E-state index in [9.17, 15) is 9.90 Å². The summed E-state index contributed by atoms with van der Waals surface area (Å²) >= 11 is 11.6. The summed E-state index contributed by atoms with van der Waals surface area (Å²) in [5, 5.41) is 18.6. The molecule has 2 rings (SSSR count). The lowest BCUT2D eigenvalue weighted by atomic mass is 10.1. The highest BCUT2D eigenvalue weighted by Crippen LogP contribution is 2.33. The number of carboxylic acid groups (broad SMARTS) is 1. The van der Waals surface area contributed by atoms with Gasteiger partial charge in [0.05, 0.1) is 15.6 Å². The summed E-state index contributed by atoms with van der Waals surface area (Å²) in [6.45, 7) is 0. The number of aromatic carboxylic acids is 1. The quantitative estimate of drug-likeness (QED) is 0.817. The molecule has 0 aliphatic heterocycles. The molecular formula is C15H10Cl2O3. The van der Waals surface area contributed by atoms with Crippen LogP contribution in [0.25, 0.3) is 12.2 Å². The Hall–Kier alpha value is -1.97. The van der Waals surface area contributed by atoms with Crippen LogP contribution in [0.3, 0.4) is 0 Å². The van der Waals surface area contributed by atoms with E-state index in [1.807, 2.05) is 0 Å². The smallest absolute Gasteiger partial charge is 0.335 e. The average molecular weight is 309 g/mol. The fourth-order valence-corrected chi connectivity index (χ4v) is 2.11. The van der Waals surface area contributed by atoms with Crippen molar-refractivity contribution in [1.29, 1.82) is 0 Å². The van der Waals surface area contributed by atoms with Gasteiger partial charge in [-0.1, -0.05) is 47.5 Å². The highest BCUT2D eigenvalue weighted by molar-refractivity contribution is 6.37. The van der Waals surface area contributed by atoms with Crippen LogP contribution in [0.15, 0.2) is 36.4 Å². The molecule has 102 valence electrons. The summed E-state index contributed by atoms with van der Waals surface area (Å²) in [6, 6.07) is 9.63. The Kier molecular flexibility index (Phi) is 4.32. The van der Waals surface area contributed by atoms with Crippen molar-refractivity contribution in [2.45, 2.75) is 0 Å². The lowest BCUT2D eigenvalue weighted by Gasteiger charge is -2.02. The first-order valence-corrected chi connectivity index (χ1v) is 6.42. The molecule has 0 unspecified atom stereocenters. The summed E-state index contributed by atoms with van der Waals surface area (Å²) in [5.41, 5.74) is 1.81. The van der Waals surface area contributed by atoms with Crippen LogP contribution in [0.5, 0.6) is 5.75 Å². The minimum Gasteiger partial charge on any atom is -0.505 e. The molecule has 0 saturated heterocycles. The van der Waals surface area contributed by atoms with Crippen molar-refractivity contribution in [1.82, 2.24) is 0 Å². The van der Waals surface area contributed by atoms with Crippen LogP contribution in [-0.4, -0.2) is 16.2 Å². The van der Waals surface area contributed by atoms with E-state index in [4.69, 9.17) is 28.3 Å². The molecule has 0 fully saturated rings. The second-order valence-corrected chi connectivity index (χ2v) is 4.91. The minimum absolute atomic E-state index is 0.142. The van der Waals surface area contributed by atoms with E-state index < -0.39 is 5.97 Å². The number of hydrogen-bond donors (Lipinski definition) is 2. The number of carboxylic acids is 1. The van der Waals surface area contributed by atoms with Gasteiger partial charge in [0.2, 0.25) is 0 Å². The average Bonchev–Trinajstić information content (AvgIpc) is 2.42. The number of aromatic hydroxyl groups is 1. The Morgan fingerprint density at radius 1 is 0.950 bits per heavy atom. The topological polar surface area (TPSA) is 57.5 Å². The monoisotopic (exact) mass is 308 g/mol. The Morgan fingerprint density at radius 3 is 1.95 bits per heavy atom. The number of halogens is 2. The standard InChI is InChI=1S/C15H10Cl2O3/c16-12-7-10(8-13(17)14(12)18)2-1-9-3-5-11(6-4-9)15(19)20/h1-8,18H,(H,19,20)/b2-1+. The van der Waals surface area contributed by atoms with E-state index in [1.54, 1.807) is 36.4 Å². The molecule has 0 aromatic heterocycles. The van der Waals surface area contributed by atoms with Gasteiger partial charge in [-0.2, -0.15) is 0 Å². The first-order valence-electron chi connectivity index (χ1n) is 5.67. The lowest BCUT2D eigenvalue weighted by molar-refractivity contribution is 0.0697. The van der Waals surface area contributed by atoms with Crippen LogP contribution in [0.1, 0.15) is 21.5 Å². The molecule has 0 spiro atoms. The van der Waals surface area contributed by atoms with E-state index >= 15 is 0 Å². The maximum absolute atomic E-state index is 10.7. The number of phenolic OH excluding ortho intramolecular Hbond substituents is 1. The number of phenols is 1. The van der Waals surface area contributed by atoms with E-state index in [0.29, 0.717) is 0 Å². The fourth-order valence-electron chi connectivity index (χ4n) is 1.61. The van der Waals surface area contributed by atoms with Crippen LogP contribution >= 0.6 is 23.2 Å². The van der Waals surface area contributed by atoms with Crippen molar-refractivity contribution in [3.63, 3.8) is 0 Å². The SMILES string of the molecule is O=C(O)c1ccc(/C=C/c2cc(Cl)c(O)c(Cl)c2)cc1. The van der Waals surface area contributed by atoms with Gasteiger partial charge in [0.1, 0.15) is 0 Å². The molecule has 3 nitrogen and oxygen atoms in total. The third-order valence-corrected chi connectivity index (χ3v) is 3.24. The summed E-state index contributed by atoms with van der Waals surface area (Å²) in [7, 11) is 0. The van der Waals surface area contributed by atoms with Crippen molar-refractivity contribution in [2.24, 2.45) is 0 Å². The summed E-state index contributed by atoms with van der Waals surface area (Å²) in [4.78, 5) is 10.7. The second kappa shape index (κ2) is 5.99. The Balaban J connectivity index is 2.23. The number of benzene rings is 2. The van der Waals surface area contributed by atoms with Gasteiger partial charge in [-0.15, -0.1) is 0 Å². The van der Waals surface area contributed by atoms with Gasteiger partial charge >= 0.3 is 5.97 Å². The van der Waals surface area contributed by atoms with Gasteiger partial charge < -0.3 is 10.2 Å². The summed E-state index contributed by atoms with van der Waals surface area (Å²) < 4.78 is 0. The molecule has 0 aliphatic rings. The van der Waals surface area contributed by atoms with Gasteiger partial charge in [-0.25, -0.2) is 4.79 Å². The van der Waals surface area contributed by atoms with Crippen LogP contribution in [0.4, 0.5) is 0 Å². The molecule has 0 atom stereocenters. The van der Waals surface area contributed by atoms with Gasteiger partial charge in [0.15, 0.2) is 5.75 Å². The van der Waals surface area contributed by atoms with Crippen molar-refractivity contribution in [3.05, 3.63) is 63.1 Å². The van der Waals surface area contributed by atoms with Gasteiger partial charge in [-0.05, 0) is 35.4 Å². The van der Waals surface area contributed by atoms with Crippen molar-refractivity contribution in [2.75, 3.05) is 0 Å². The van der Waals surface area contributed by atoms with Crippen molar-refractivity contribution < 1.29 is 15.0 Å². The predicted molar refractivity (Wildman–Crippen MR) is 80.5 cm³/mol. The molecule has 0 radical (unpaired) electrons. The molecular weight excluding hydrogens is 299 g/mol. The Labute approximate surface area is 125 Å². The first kappa shape index (κ1) is 14.4. The molecule has 0 aliphatic carbocycles. The molecule has 0 amide bonds. The van der Waals surface area contributed by atoms with Crippen LogP contribution in [0, 0.1) is 0 Å². The molecule has 2 aromatic carbocycles. The van der Waals surface area contributed by atoms with Gasteiger partial charge in [-0.3, -0.25) is 0 Å². The molecule has 0 heterocycles. The fraction of sp³-hybridized carbons (Fsp3) is 0. The van der Waals surface area contributed by atoms with Gasteiger partial charge in [0.25, 0.3) is 0 Å². The molecule has 0 saturated carbocycles. The maximum atomic E-state index is 10.7. The molecule has 2 N–H and O–H groups in total. The highest BCUT2D eigenvalue weighted by Gasteiger charge is 2.05. The number of rotatable bonds is 3. The van der Waals surface area contributed by atoms with Crippen LogP contribution in [0.2, 0.25) is 10.0 Å². The number of hydrogen-bond acceptors (Lipinski definition) is 2. The molecule has 0 bridgehead atoms. The highest BCUT2D eigenvalue weighted by atomic mass is 35.5. The van der Waals surface area contributed by atoms with Crippen LogP contribution in [-0.2, 0) is 0 Å². The largest absolute Gasteiger partial charge is 0.505 e. The summed E-state index contributed by atoms with van der Waals surface area (Å²) in [5.74, 6) is -1.10. The maximum Gasteiger partial charge on any atom is 0.335 e. The Morgan fingerprint density at radius 2 is 1.45 bits per heavy atom. The Bertz CT molecular complexity index is 653. The molecule has 20 heavy (non-hydrogen) atoms. The van der Waals surface area contributed by atoms with Crippen molar-refractivity contribution in [3.8, 4) is 5.75 Å².